The largest absolute Gasteiger partial charge is 0.324 e. The molecule has 0 aliphatic carbocycles. The van der Waals surface area contributed by atoms with Crippen LogP contribution in [-0.4, -0.2) is 27.6 Å². The molecule has 1 unspecified atom stereocenters. The lowest BCUT2D eigenvalue weighted by atomic mass is 9.75. The van der Waals surface area contributed by atoms with Crippen LogP contribution >= 0.6 is 6.72 Å². The molecule has 2 N–H and O–H groups in total. The molecule has 1 heterocycles. The Morgan fingerprint density at radius 2 is 1.89 bits per heavy atom. The van der Waals surface area contributed by atoms with Crippen molar-refractivity contribution >= 4 is 30.1 Å². The second kappa shape index (κ2) is 6.10. The lowest BCUT2D eigenvalue weighted by molar-refractivity contribution is 0.0782. The molecule has 0 fully saturated rings. The fourth-order valence-corrected chi connectivity index (χ4v) is 3.13. The van der Waals surface area contributed by atoms with E-state index in [1.807, 2.05) is 34.6 Å². The van der Waals surface area contributed by atoms with Gasteiger partial charge in [0.1, 0.15) is 5.84 Å². The van der Waals surface area contributed by atoms with Gasteiger partial charge >= 0.3 is 6.72 Å². The van der Waals surface area contributed by atoms with Crippen LogP contribution in [0.15, 0.2) is 9.98 Å². The summed E-state index contributed by atoms with van der Waals surface area (Å²) in [4.78, 5) is 27.9. The molecule has 0 saturated heterocycles. The van der Waals surface area contributed by atoms with E-state index < -0.39 is 18.4 Å². The number of rotatable bonds is 5. The summed E-state index contributed by atoms with van der Waals surface area (Å²) in [6, 6.07) is 0. The first-order valence-electron chi connectivity index (χ1n) is 6.53. The molecule has 0 amide bonds. The maximum atomic E-state index is 9.45. The van der Waals surface area contributed by atoms with Crippen LogP contribution in [0.1, 0.15) is 47.5 Å². The highest BCUT2D eigenvalue weighted by atomic mass is 32.5. The Morgan fingerprint density at radius 1 is 1.37 bits per heavy atom. The summed E-state index contributed by atoms with van der Waals surface area (Å²) in [5.41, 5.74) is 0.512. The van der Waals surface area contributed by atoms with Crippen LogP contribution in [0, 0.1) is 11.3 Å². The van der Waals surface area contributed by atoms with Gasteiger partial charge in [-0.3, -0.25) is 4.52 Å². The van der Waals surface area contributed by atoms with Crippen LogP contribution in [0.5, 0.6) is 0 Å². The maximum Gasteiger partial charge on any atom is 0.323 e. The first-order valence-corrected chi connectivity index (χ1v) is 9.16. The van der Waals surface area contributed by atoms with Crippen molar-refractivity contribution in [3.05, 3.63) is 0 Å². The normalized spacial score (nSPS) is 23.3. The molecule has 0 spiro atoms. The minimum absolute atomic E-state index is 0.156. The van der Waals surface area contributed by atoms with Crippen LogP contribution < -0.4 is 0 Å². The Morgan fingerprint density at radius 3 is 2.26 bits per heavy atom. The van der Waals surface area contributed by atoms with E-state index in [1.54, 1.807) is 0 Å². The van der Waals surface area contributed by atoms with Crippen LogP contribution in [0.3, 0.4) is 0 Å². The van der Waals surface area contributed by atoms with Gasteiger partial charge in [-0.1, -0.05) is 27.7 Å². The fraction of sp³-hybridized carbons (Fsp3) is 0.833. The molecule has 110 valence electrons. The third kappa shape index (κ3) is 3.70. The van der Waals surface area contributed by atoms with Crippen molar-refractivity contribution in [2.24, 2.45) is 21.3 Å². The predicted octanol–water partition coefficient (Wildman–Crippen LogP) is 2.87. The van der Waals surface area contributed by atoms with Crippen molar-refractivity contribution in [3.8, 4) is 0 Å². The minimum atomic E-state index is -3.75. The Hall–Kier alpha value is -0.130. The molecule has 0 saturated carbocycles. The molecule has 1 atom stereocenters. The van der Waals surface area contributed by atoms with Crippen molar-refractivity contribution in [1.82, 2.24) is 0 Å². The molecule has 19 heavy (non-hydrogen) atoms. The van der Waals surface area contributed by atoms with E-state index in [4.69, 9.17) is 4.52 Å². The van der Waals surface area contributed by atoms with Gasteiger partial charge in [0.15, 0.2) is 6.23 Å². The Labute approximate surface area is 120 Å². The highest BCUT2D eigenvalue weighted by Crippen LogP contribution is 2.47. The number of nitrogens with zero attached hydrogens (tertiary/aromatic N) is 2. The van der Waals surface area contributed by atoms with E-state index in [0.717, 1.165) is 18.6 Å². The third-order valence-electron chi connectivity index (χ3n) is 3.74. The summed E-state index contributed by atoms with van der Waals surface area (Å²) in [5.74, 6) is 0.825. The molecule has 0 radical (unpaired) electrons. The second-order valence-electron chi connectivity index (χ2n) is 5.15. The molecule has 0 aromatic rings. The molecule has 1 rings (SSSR count). The molecular weight excluding hydrogens is 283 g/mol. The maximum absolute atomic E-state index is 9.45. The van der Waals surface area contributed by atoms with Gasteiger partial charge in [-0.05, 0) is 31.6 Å². The number of hydrogen-bond acceptors (Lipinski definition) is 4. The lowest BCUT2D eigenvalue weighted by Crippen LogP contribution is -2.44. The molecule has 0 bridgehead atoms. The zero-order valence-electron chi connectivity index (χ0n) is 12.1. The third-order valence-corrected chi connectivity index (χ3v) is 4.47. The summed E-state index contributed by atoms with van der Waals surface area (Å²) >= 11 is 4.60. The van der Waals surface area contributed by atoms with E-state index in [1.165, 1.54) is 0 Å². The summed E-state index contributed by atoms with van der Waals surface area (Å²) in [6.07, 6.45) is 0.847. The van der Waals surface area contributed by atoms with Crippen LogP contribution in [0.2, 0.25) is 0 Å². The van der Waals surface area contributed by atoms with E-state index >= 15 is 0 Å². The van der Waals surface area contributed by atoms with Gasteiger partial charge < -0.3 is 9.79 Å². The van der Waals surface area contributed by atoms with Gasteiger partial charge in [0, 0.05) is 11.6 Å². The number of amidine groups is 1. The first-order chi connectivity index (χ1) is 8.66. The van der Waals surface area contributed by atoms with Gasteiger partial charge in [-0.25, -0.2) is 9.98 Å². The smallest absolute Gasteiger partial charge is 0.323 e. The van der Waals surface area contributed by atoms with Gasteiger partial charge in [0.05, 0.1) is 5.41 Å². The molecular formula is C12H23N2O3PS. The summed E-state index contributed by atoms with van der Waals surface area (Å²) in [7, 11) is 0. The van der Waals surface area contributed by atoms with E-state index in [-0.39, 0.29) is 5.92 Å². The Balaban J connectivity index is 3.25. The first kappa shape index (κ1) is 16.9. The molecule has 7 heteroatoms. The minimum Gasteiger partial charge on any atom is -0.324 e. The molecule has 0 aromatic heterocycles. The van der Waals surface area contributed by atoms with Crippen molar-refractivity contribution in [2.75, 3.05) is 0 Å². The Bertz CT molecular complexity index is 438. The standard InChI is InChI=1S/C12H23N2O3PS/c1-6-12(7-2)9(5)13-10(8(3)4)14-11(12)17-18(15,16)19/h8,11H,6-7H2,1-5H3,(H2,15,16,19). The molecule has 5 nitrogen and oxygen atoms in total. The van der Waals surface area contributed by atoms with Gasteiger partial charge in [0.2, 0.25) is 0 Å². The second-order valence-corrected chi connectivity index (χ2v) is 7.77. The molecule has 0 aromatic carbocycles. The average molecular weight is 306 g/mol. The molecule has 1 aliphatic heterocycles. The Kier molecular flexibility index (Phi) is 5.43. The number of aliphatic imine (C=N–C) groups is 2. The summed E-state index contributed by atoms with van der Waals surface area (Å²) in [6.45, 7) is 6.22. The van der Waals surface area contributed by atoms with Crippen molar-refractivity contribution < 1.29 is 14.3 Å². The van der Waals surface area contributed by atoms with Gasteiger partial charge in [0.25, 0.3) is 0 Å². The van der Waals surface area contributed by atoms with Crippen molar-refractivity contribution in [2.45, 2.75) is 53.7 Å². The SMILES string of the molecule is CCC1(CC)C(C)=NC(C(C)C)=NC1OP(O)(O)=S. The predicted molar refractivity (Wildman–Crippen MR) is 82.0 cm³/mol. The fourth-order valence-electron chi connectivity index (χ4n) is 2.38. The van der Waals surface area contributed by atoms with E-state index in [2.05, 4.69) is 21.8 Å². The van der Waals surface area contributed by atoms with Gasteiger partial charge in [-0.2, -0.15) is 0 Å². The quantitative estimate of drug-likeness (QED) is 0.766. The zero-order chi connectivity index (χ0) is 14.8. The monoisotopic (exact) mass is 306 g/mol. The van der Waals surface area contributed by atoms with Crippen LogP contribution in [0.25, 0.3) is 0 Å². The highest BCUT2D eigenvalue weighted by molar-refractivity contribution is 8.06. The topological polar surface area (TPSA) is 74.4 Å². The average Bonchev–Trinajstić information content (AvgIpc) is 2.27. The lowest BCUT2D eigenvalue weighted by Gasteiger charge is -2.40. The van der Waals surface area contributed by atoms with E-state index in [9.17, 15) is 9.79 Å². The summed E-state index contributed by atoms with van der Waals surface area (Å²) < 4.78 is 5.30. The highest BCUT2D eigenvalue weighted by Gasteiger charge is 2.44. The van der Waals surface area contributed by atoms with Crippen molar-refractivity contribution in [1.29, 1.82) is 0 Å². The number of hydrogen-bond donors (Lipinski definition) is 2. The molecule has 1 aliphatic rings. The summed E-state index contributed by atoms with van der Waals surface area (Å²) in [5, 5.41) is 0. The zero-order valence-corrected chi connectivity index (χ0v) is 13.8. The van der Waals surface area contributed by atoms with E-state index in [0.29, 0.717) is 5.84 Å². The van der Waals surface area contributed by atoms with Crippen molar-refractivity contribution in [3.63, 3.8) is 0 Å². The van der Waals surface area contributed by atoms with Gasteiger partial charge in [-0.15, -0.1) is 0 Å². The van der Waals surface area contributed by atoms with Crippen LogP contribution in [0.4, 0.5) is 0 Å². The van der Waals surface area contributed by atoms with Crippen LogP contribution in [-0.2, 0) is 16.3 Å².